The Kier molecular flexibility index (Phi) is 10.5. The van der Waals surface area contributed by atoms with Gasteiger partial charge in [-0.3, -0.25) is 0 Å². The molecule has 0 aliphatic heterocycles. The van der Waals surface area contributed by atoms with Gasteiger partial charge in [0.25, 0.3) is 0 Å². The molecule has 6 heteroatoms. The summed E-state index contributed by atoms with van der Waals surface area (Å²) < 4.78 is 31.4. The van der Waals surface area contributed by atoms with Crippen LogP contribution in [0.3, 0.4) is 0 Å². The van der Waals surface area contributed by atoms with E-state index in [0.29, 0.717) is 6.42 Å². The fourth-order valence-corrected chi connectivity index (χ4v) is 1.95. The van der Waals surface area contributed by atoms with Gasteiger partial charge < -0.3 is 28.4 Å². The van der Waals surface area contributed by atoms with Crippen molar-refractivity contribution in [2.24, 2.45) is 5.92 Å². The van der Waals surface area contributed by atoms with Gasteiger partial charge in [-0.25, -0.2) is 0 Å². The van der Waals surface area contributed by atoms with Gasteiger partial charge in [0.15, 0.2) is 18.9 Å². The van der Waals surface area contributed by atoms with Gasteiger partial charge in [0, 0.05) is 42.7 Å². The summed E-state index contributed by atoms with van der Waals surface area (Å²) in [6.07, 6.45) is 0.375. The Labute approximate surface area is 109 Å². The van der Waals surface area contributed by atoms with Gasteiger partial charge in [-0.15, -0.1) is 0 Å². The van der Waals surface area contributed by atoms with Gasteiger partial charge in [-0.2, -0.15) is 0 Å². The van der Waals surface area contributed by atoms with Crippen LogP contribution in [0.25, 0.3) is 0 Å². The molecular weight excluding hydrogens is 240 g/mol. The minimum atomic E-state index is -0.399. The minimum Gasteiger partial charge on any atom is -0.356 e. The van der Waals surface area contributed by atoms with Crippen molar-refractivity contribution in [3.05, 3.63) is 0 Å². The highest BCUT2D eigenvalue weighted by molar-refractivity contribution is 4.68. The molecule has 0 unspecified atom stereocenters. The molecule has 0 spiro atoms. The standard InChI is InChI=1S/C12H26O6/c1-13-10(14-2)8-7-9(11(15-3)16-4)12(17-5)18-6/h9-12H,7-8H2,1-6H3. The summed E-state index contributed by atoms with van der Waals surface area (Å²) in [7, 11) is 9.58. The van der Waals surface area contributed by atoms with Crippen LogP contribution in [0.5, 0.6) is 0 Å². The molecule has 0 heterocycles. The van der Waals surface area contributed by atoms with E-state index in [1.165, 1.54) is 0 Å². The molecule has 0 aromatic rings. The highest BCUT2D eigenvalue weighted by Gasteiger charge is 2.30. The fourth-order valence-electron chi connectivity index (χ4n) is 1.95. The maximum absolute atomic E-state index is 5.28. The second-order valence-corrected chi connectivity index (χ2v) is 3.82. The molecule has 0 saturated carbocycles. The van der Waals surface area contributed by atoms with Gasteiger partial charge in [-0.1, -0.05) is 0 Å². The molecule has 0 bridgehead atoms. The maximum atomic E-state index is 5.28. The Morgan fingerprint density at radius 3 is 1.22 bits per heavy atom. The van der Waals surface area contributed by atoms with E-state index in [-0.39, 0.29) is 12.2 Å². The molecule has 0 amide bonds. The van der Waals surface area contributed by atoms with Gasteiger partial charge in [-0.05, 0) is 12.8 Å². The molecule has 110 valence electrons. The van der Waals surface area contributed by atoms with Crippen molar-refractivity contribution in [3.8, 4) is 0 Å². The van der Waals surface area contributed by atoms with E-state index in [1.807, 2.05) is 0 Å². The summed E-state index contributed by atoms with van der Waals surface area (Å²) in [4.78, 5) is 0. The average Bonchev–Trinajstić information content (AvgIpc) is 2.41. The molecule has 18 heavy (non-hydrogen) atoms. The summed E-state index contributed by atoms with van der Waals surface area (Å²) >= 11 is 0. The van der Waals surface area contributed by atoms with Crippen LogP contribution in [0.15, 0.2) is 0 Å². The third-order valence-corrected chi connectivity index (χ3v) is 2.89. The first-order valence-electron chi connectivity index (χ1n) is 5.85. The molecule has 0 rings (SSSR count). The Morgan fingerprint density at radius 2 is 0.944 bits per heavy atom. The number of hydrogen-bond acceptors (Lipinski definition) is 6. The molecule has 0 aromatic heterocycles. The lowest BCUT2D eigenvalue weighted by molar-refractivity contribution is -0.227. The number of rotatable bonds is 11. The van der Waals surface area contributed by atoms with Crippen LogP contribution in [-0.4, -0.2) is 61.5 Å². The van der Waals surface area contributed by atoms with E-state index >= 15 is 0 Å². The Morgan fingerprint density at radius 1 is 0.556 bits per heavy atom. The summed E-state index contributed by atoms with van der Waals surface area (Å²) in [6.45, 7) is 0. The second kappa shape index (κ2) is 10.7. The zero-order valence-corrected chi connectivity index (χ0v) is 12.2. The largest absolute Gasteiger partial charge is 0.356 e. The summed E-state index contributed by atoms with van der Waals surface area (Å²) in [5, 5.41) is 0. The SMILES string of the molecule is COC(CCC(C(OC)OC)C(OC)OC)OC. The van der Waals surface area contributed by atoms with Crippen LogP contribution in [0.1, 0.15) is 12.8 Å². The smallest absolute Gasteiger partial charge is 0.164 e. The lowest BCUT2D eigenvalue weighted by Crippen LogP contribution is -2.37. The second-order valence-electron chi connectivity index (χ2n) is 3.82. The third kappa shape index (κ3) is 5.60. The monoisotopic (exact) mass is 266 g/mol. The van der Waals surface area contributed by atoms with Crippen molar-refractivity contribution >= 4 is 0 Å². The molecule has 0 aliphatic carbocycles. The van der Waals surface area contributed by atoms with E-state index < -0.39 is 12.6 Å². The van der Waals surface area contributed by atoms with Crippen LogP contribution >= 0.6 is 0 Å². The summed E-state index contributed by atoms with van der Waals surface area (Å²) in [5.41, 5.74) is 0. The first-order valence-corrected chi connectivity index (χ1v) is 5.85. The lowest BCUT2D eigenvalue weighted by atomic mass is 10.0. The minimum absolute atomic E-state index is 0.0669. The topological polar surface area (TPSA) is 55.4 Å². The molecule has 6 nitrogen and oxygen atoms in total. The third-order valence-electron chi connectivity index (χ3n) is 2.89. The molecule has 0 radical (unpaired) electrons. The molecule has 0 saturated heterocycles. The predicted molar refractivity (Wildman–Crippen MR) is 66.1 cm³/mol. The van der Waals surface area contributed by atoms with Crippen molar-refractivity contribution in [2.45, 2.75) is 31.7 Å². The highest BCUT2D eigenvalue weighted by Crippen LogP contribution is 2.23. The zero-order chi connectivity index (χ0) is 14.0. The van der Waals surface area contributed by atoms with Gasteiger partial charge in [0.2, 0.25) is 0 Å². The van der Waals surface area contributed by atoms with E-state index in [1.54, 1.807) is 42.7 Å². The molecule has 0 fully saturated rings. The zero-order valence-electron chi connectivity index (χ0n) is 12.2. The lowest BCUT2D eigenvalue weighted by Gasteiger charge is -2.30. The molecule has 0 N–H and O–H groups in total. The summed E-state index contributed by atoms with van der Waals surface area (Å²) in [5.74, 6) is -0.0669. The van der Waals surface area contributed by atoms with E-state index in [2.05, 4.69) is 0 Å². The van der Waals surface area contributed by atoms with Crippen LogP contribution in [-0.2, 0) is 28.4 Å². The predicted octanol–water partition coefficient (Wildman–Crippen LogP) is 1.24. The van der Waals surface area contributed by atoms with Crippen LogP contribution in [0.4, 0.5) is 0 Å². The molecule has 0 aliphatic rings. The first kappa shape index (κ1) is 17.8. The normalized spacial score (nSPS) is 12.3. The van der Waals surface area contributed by atoms with Crippen molar-refractivity contribution in [1.82, 2.24) is 0 Å². The Balaban J connectivity index is 4.54. The number of hydrogen-bond donors (Lipinski definition) is 0. The summed E-state index contributed by atoms with van der Waals surface area (Å²) in [6, 6.07) is 0. The van der Waals surface area contributed by atoms with E-state index in [9.17, 15) is 0 Å². The fraction of sp³-hybridized carbons (Fsp3) is 1.00. The Bertz CT molecular complexity index is 165. The van der Waals surface area contributed by atoms with Crippen molar-refractivity contribution in [3.63, 3.8) is 0 Å². The van der Waals surface area contributed by atoms with Gasteiger partial charge >= 0.3 is 0 Å². The highest BCUT2D eigenvalue weighted by atomic mass is 16.7. The first-order chi connectivity index (χ1) is 8.68. The quantitative estimate of drug-likeness (QED) is 0.524. The van der Waals surface area contributed by atoms with Gasteiger partial charge in [0.05, 0.1) is 5.92 Å². The van der Waals surface area contributed by atoms with Crippen LogP contribution < -0.4 is 0 Å². The van der Waals surface area contributed by atoms with Crippen molar-refractivity contribution in [1.29, 1.82) is 0 Å². The maximum Gasteiger partial charge on any atom is 0.164 e. The average molecular weight is 266 g/mol. The Hall–Kier alpha value is -0.240. The van der Waals surface area contributed by atoms with E-state index in [4.69, 9.17) is 28.4 Å². The molecular formula is C12H26O6. The van der Waals surface area contributed by atoms with E-state index in [0.717, 1.165) is 6.42 Å². The number of ether oxygens (including phenoxy) is 6. The van der Waals surface area contributed by atoms with Gasteiger partial charge in [0.1, 0.15) is 0 Å². The van der Waals surface area contributed by atoms with Crippen LogP contribution in [0, 0.1) is 5.92 Å². The molecule has 0 atom stereocenters. The van der Waals surface area contributed by atoms with Crippen molar-refractivity contribution in [2.75, 3.05) is 42.7 Å². The van der Waals surface area contributed by atoms with Crippen LogP contribution in [0.2, 0.25) is 0 Å². The van der Waals surface area contributed by atoms with Crippen molar-refractivity contribution < 1.29 is 28.4 Å². The molecule has 0 aromatic carbocycles. The number of methoxy groups -OCH3 is 6.